The number of fused-ring (bicyclic) bond motifs is 2. The summed E-state index contributed by atoms with van der Waals surface area (Å²) in [7, 11) is 0. The minimum Gasteiger partial charge on any atom is -0.126 e. The minimum absolute atomic E-state index is 0.478. The van der Waals surface area contributed by atoms with E-state index in [1.54, 1.807) is 0 Å². The molecule has 64 valence electrons. The Morgan fingerprint density at radius 1 is 1.00 bits per heavy atom. The van der Waals surface area contributed by atoms with E-state index in [-0.39, 0.29) is 0 Å². The molecule has 2 rings (SSSR count). The highest BCUT2D eigenvalue weighted by Gasteiger charge is 2.50. The lowest BCUT2D eigenvalue weighted by Gasteiger charge is -2.25. The lowest BCUT2D eigenvalue weighted by Crippen LogP contribution is -2.24. The second-order valence-corrected chi connectivity index (χ2v) is 12.8. The minimum atomic E-state index is -2.36. The second-order valence-electron chi connectivity index (χ2n) is 3.82. The van der Waals surface area contributed by atoms with Crippen molar-refractivity contribution in [2.24, 2.45) is 11.8 Å². The molecule has 1 unspecified atom stereocenters. The number of hydrogen-bond donors (Lipinski definition) is 0. The van der Waals surface area contributed by atoms with Gasteiger partial charge in [-0.3, -0.25) is 0 Å². The number of hydrogen-bond acceptors (Lipinski definition) is 0. The Labute approximate surface area is 82.3 Å². The average molecular weight is 230 g/mol. The van der Waals surface area contributed by atoms with Crippen molar-refractivity contribution >= 4 is 39.2 Å². The van der Waals surface area contributed by atoms with Crippen molar-refractivity contribution in [3.63, 3.8) is 0 Å². The van der Waals surface area contributed by atoms with Gasteiger partial charge in [0.1, 0.15) is 0 Å². The molecule has 0 spiro atoms. The molecule has 11 heavy (non-hydrogen) atoms. The molecule has 0 saturated heterocycles. The van der Waals surface area contributed by atoms with Crippen LogP contribution in [0.3, 0.4) is 0 Å². The molecule has 3 atom stereocenters. The van der Waals surface area contributed by atoms with E-state index in [1.165, 1.54) is 25.7 Å². The third kappa shape index (κ3) is 1.58. The highest BCUT2D eigenvalue weighted by Crippen LogP contribution is 2.58. The summed E-state index contributed by atoms with van der Waals surface area (Å²) in [5, 5.41) is 0. The van der Waals surface area contributed by atoms with E-state index in [2.05, 4.69) is 0 Å². The summed E-state index contributed by atoms with van der Waals surface area (Å²) >= 11 is 18.0. The Bertz CT molecular complexity index is 166. The summed E-state index contributed by atoms with van der Waals surface area (Å²) in [5.74, 6) is 1.66. The summed E-state index contributed by atoms with van der Waals surface area (Å²) in [6.45, 7) is 0. The first kappa shape index (κ1) is 8.67. The fourth-order valence-electron chi connectivity index (χ4n) is 2.65. The predicted molar refractivity (Wildman–Crippen MR) is 52.5 cm³/mol. The van der Waals surface area contributed by atoms with Gasteiger partial charge in [0.15, 0.2) is 0 Å². The van der Waals surface area contributed by atoms with Gasteiger partial charge in [0.2, 0.25) is 0 Å². The van der Waals surface area contributed by atoms with Crippen LogP contribution in [0.4, 0.5) is 0 Å². The van der Waals surface area contributed by atoms with Crippen LogP contribution in [0.1, 0.15) is 25.7 Å². The molecule has 2 bridgehead atoms. The zero-order valence-corrected chi connectivity index (χ0v) is 9.46. The molecular formula is C7H11Cl3Si. The molecule has 0 aromatic heterocycles. The van der Waals surface area contributed by atoms with E-state index in [9.17, 15) is 0 Å². The lowest BCUT2D eigenvalue weighted by molar-refractivity contribution is 0.477. The molecule has 0 radical (unpaired) electrons. The van der Waals surface area contributed by atoms with Gasteiger partial charge in [-0.05, 0) is 30.2 Å². The van der Waals surface area contributed by atoms with Gasteiger partial charge in [-0.2, -0.15) is 0 Å². The highest BCUT2D eigenvalue weighted by molar-refractivity contribution is 7.65. The molecule has 2 aliphatic carbocycles. The zero-order chi connectivity index (χ0) is 8.06. The van der Waals surface area contributed by atoms with Crippen LogP contribution in [0.5, 0.6) is 0 Å². The Morgan fingerprint density at radius 3 is 2.00 bits per heavy atom. The Kier molecular flexibility index (Phi) is 2.20. The van der Waals surface area contributed by atoms with Crippen LogP contribution in [0.25, 0.3) is 0 Å². The summed E-state index contributed by atoms with van der Waals surface area (Å²) in [4.78, 5) is 0. The van der Waals surface area contributed by atoms with Gasteiger partial charge in [-0.25, -0.2) is 0 Å². The van der Waals surface area contributed by atoms with E-state index < -0.39 is 6.00 Å². The van der Waals surface area contributed by atoms with E-state index in [0.717, 1.165) is 11.8 Å². The van der Waals surface area contributed by atoms with Crippen LogP contribution in [-0.2, 0) is 0 Å². The van der Waals surface area contributed by atoms with Gasteiger partial charge in [0.05, 0.1) is 0 Å². The Morgan fingerprint density at radius 2 is 1.73 bits per heavy atom. The third-order valence-corrected chi connectivity index (χ3v) is 7.23. The molecule has 4 heteroatoms. The molecule has 0 aromatic carbocycles. The lowest BCUT2D eigenvalue weighted by atomic mass is 10.0. The van der Waals surface area contributed by atoms with E-state index in [1.807, 2.05) is 0 Å². The van der Waals surface area contributed by atoms with Crippen molar-refractivity contribution in [3.8, 4) is 0 Å². The van der Waals surface area contributed by atoms with Crippen LogP contribution in [-0.4, -0.2) is 6.00 Å². The van der Waals surface area contributed by atoms with Gasteiger partial charge >= 0.3 is 6.00 Å². The van der Waals surface area contributed by atoms with E-state index in [0.29, 0.717) is 5.54 Å². The van der Waals surface area contributed by atoms with Crippen LogP contribution in [0, 0.1) is 11.8 Å². The van der Waals surface area contributed by atoms with Gasteiger partial charge in [-0.1, -0.05) is 12.8 Å². The van der Waals surface area contributed by atoms with Crippen molar-refractivity contribution in [2.45, 2.75) is 31.2 Å². The fourth-order valence-corrected chi connectivity index (χ4v) is 6.49. The van der Waals surface area contributed by atoms with E-state index in [4.69, 9.17) is 33.2 Å². The smallest absolute Gasteiger partial charge is 0.126 e. The molecule has 0 heterocycles. The quantitative estimate of drug-likeness (QED) is 0.474. The molecule has 0 N–H and O–H groups in total. The molecule has 2 fully saturated rings. The molecule has 0 nitrogen and oxygen atoms in total. The predicted octanol–water partition coefficient (Wildman–Crippen LogP) is 3.83. The van der Waals surface area contributed by atoms with Crippen LogP contribution >= 0.6 is 33.2 Å². The number of halogens is 3. The summed E-state index contributed by atoms with van der Waals surface area (Å²) in [6.07, 6.45) is 5.24. The monoisotopic (exact) mass is 228 g/mol. The van der Waals surface area contributed by atoms with Crippen LogP contribution < -0.4 is 0 Å². The Balaban J connectivity index is 2.08. The topological polar surface area (TPSA) is 0 Å². The van der Waals surface area contributed by atoms with Crippen LogP contribution in [0.2, 0.25) is 5.54 Å². The molecule has 0 aliphatic heterocycles. The third-order valence-electron chi connectivity index (χ3n) is 3.16. The maximum atomic E-state index is 6.00. The van der Waals surface area contributed by atoms with Crippen molar-refractivity contribution in [2.75, 3.05) is 0 Å². The van der Waals surface area contributed by atoms with Gasteiger partial charge < -0.3 is 0 Å². The maximum absolute atomic E-state index is 6.00. The number of rotatable bonds is 1. The summed E-state index contributed by atoms with van der Waals surface area (Å²) in [6, 6.07) is -2.36. The van der Waals surface area contributed by atoms with Crippen molar-refractivity contribution in [3.05, 3.63) is 0 Å². The first-order valence-corrected chi connectivity index (χ1v) is 9.25. The molecular weight excluding hydrogens is 219 g/mol. The SMILES string of the molecule is Cl[Si](Cl)(Cl)C1C[C@@H]2CC[C@H]1C2. The molecule has 0 aromatic rings. The zero-order valence-electron chi connectivity index (χ0n) is 6.19. The largest absolute Gasteiger partial charge is 0.344 e. The first-order valence-electron chi connectivity index (χ1n) is 4.14. The highest BCUT2D eigenvalue weighted by atomic mass is 35.8. The first-order chi connectivity index (χ1) is 5.07. The summed E-state index contributed by atoms with van der Waals surface area (Å²) in [5.41, 5.74) is 0.478. The van der Waals surface area contributed by atoms with Gasteiger partial charge in [-0.15, -0.1) is 33.2 Å². The summed E-state index contributed by atoms with van der Waals surface area (Å²) < 4.78 is 0. The van der Waals surface area contributed by atoms with Crippen molar-refractivity contribution in [1.29, 1.82) is 0 Å². The van der Waals surface area contributed by atoms with Crippen molar-refractivity contribution < 1.29 is 0 Å². The van der Waals surface area contributed by atoms with Crippen LogP contribution in [0.15, 0.2) is 0 Å². The van der Waals surface area contributed by atoms with Crippen molar-refractivity contribution in [1.82, 2.24) is 0 Å². The van der Waals surface area contributed by atoms with Gasteiger partial charge in [0.25, 0.3) is 0 Å². The molecule has 0 amide bonds. The molecule has 2 saturated carbocycles. The fraction of sp³-hybridized carbons (Fsp3) is 1.00. The van der Waals surface area contributed by atoms with Gasteiger partial charge in [0, 0.05) is 0 Å². The molecule has 2 aliphatic rings. The standard InChI is InChI=1S/C7H11Cl3Si/c8-11(9,10)7-4-5-1-2-6(7)3-5/h5-7H,1-4H2/t5-,6+,7?/m1/s1. The second kappa shape index (κ2) is 2.80. The maximum Gasteiger partial charge on any atom is 0.344 e. The van der Waals surface area contributed by atoms with E-state index >= 15 is 0 Å². The average Bonchev–Trinajstić information content (AvgIpc) is 2.42. The Hall–Kier alpha value is 1.09. The normalized spacial score (nSPS) is 43.4.